The summed E-state index contributed by atoms with van der Waals surface area (Å²) in [5, 5.41) is 1.93. The zero-order chi connectivity index (χ0) is 16.2. The number of rotatable bonds is 4. The third-order valence-electron chi connectivity index (χ3n) is 3.47. The molecule has 7 N–H and O–H groups in total. The van der Waals surface area contributed by atoms with Crippen LogP contribution in [0.25, 0.3) is 0 Å². The molecule has 0 bridgehead atoms. The number of nitrogen functional groups attached to an aromatic ring is 3. The van der Waals surface area contributed by atoms with Crippen molar-refractivity contribution in [2.45, 2.75) is 0 Å². The van der Waals surface area contributed by atoms with Crippen molar-refractivity contribution >= 4 is 34.1 Å². The number of nitrogens with one attached hydrogen (secondary N) is 1. The molecule has 0 amide bonds. The summed E-state index contributed by atoms with van der Waals surface area (Å²) in [7, 11) is 0. The maximum absolute atomic E-state index is 6.08. The van der Waals surface area contributed by atoms with E-state index in [9.17, 15) is 0 Å². The molecule has 3 aromatic carbocycles. The van der Waals surface area contributed by atoms with Crippen LogP contribution >= 0.6 is 0 Å². The predicted molar refractivity (Wildman–Crippen MR) is 98.3 cm³/mol. The van der Waals surface area contributed by atoms with Gasteiger partial charge in [-0.15, -0.1) is 0 Å². The molecular formula is C18H19N5. The van der Waals surface area contributed by atoms with Crippen LogP contribution in [0.15, 0.2) is 72.8 Å². The molecule has 0 spiro atoms. The first-order chi connectivity index (χ1) is 11.1. The molecule has 3 aromatic rings. The van der Waals surface area contributed by atoms with Gasteiger partial charge in [0.25, 0.3) is 0 Å². The summed E-state index contributed by atoms with van der Waals surface area (Å²) in [5.74, 6) is 0. The summed E-state index contributed by atoms with van der Waals surface area (Å²) in [4.78, 5) is 0. The molecular weight excluding hydrogens is 286 g/mol. The Kier molecular flexibility index (Phi) is 3.93. The molecule has 0 unspecified atom stereocenters. The van der Waals surface area contributed by atoms with E-state index in [-0.39, 0.29) is 0 Å². The van der Waals surface area contributed by atoms with E-state index in [0.717, 1.165) is 11.4 Å². The van der Waals surface area contributed by atoms with Crippen LogP contribution in [0, 0.1) is 0 Å². The first-order valence-electron chi connectivity index (χ1n) is 7.26. The SMILES string of the molecule is Nc1cc(N)c(NN(c2ccccc2)c2ccccc2)c(N)c1. The highest BCUT2D eigenvalue weighted by Crippen LogP contribution is 2.33. The highest BCUT2D eigenvalue weighted by atomic mass is 15.5. The normalized spacial score (nSPS) is 10.3. The standard InChI is InChI=1S/C18H19N5/c19-13-11-16(20)18(17(21)12-13)22-23(14-7-3-1-4-8-14)15-9-5-2-6-10-15/h1-12,22H,19-21H2. The van der Waals surface area contributed by atoms with Crippen LogP contribution in [0.4, 0.5) is 34.1 Å². The largest absolute Gasteiger partial charge is 0.399 e. The smallest absolute Gasteiger partial charge is 0.101 e. The Labute approximate surface area is 135 Å². The first-order valence-corrected chi connectivity index (χ1v) is 7.26. The van der Waals surface area contributed by atoms with Gasteiger partial charge in [0, 0.05) is 5.69 Å². The van der Waals surface area contributed by atoms with Gasteiger partial charge in [-0.25, -0.2) is 0 Å². The summed E-state index contributed by atoms with van der Waals surface area (Å²) in [6.07, 6.45) is 0. The van der Waals surface area contributed by atoms with Gasteiger partial charge in [-0.3, -0.25) is 10.4 Å². The average molecular weight is 305 g/mol. The van der Waals surface area contributed by atoms with E-state index in [2.05, 4.69) is 5.43 Å². The van der Waals surface area contributed by atoms with E-state index in [1.165, 1.54) is 0 Å². The molecule has 3 rings (SSSR count). The molecule has 23 heavy (non-hydrogen) atoms. The van der Waals surface area contributed by atoms with E-state index < -0.39 is 0 Å². The number of hydrogen-bond acceptors (Lipinski definition) is 5. The minimum absolute atomic E-state index is 0.499. The topological polar surface area (TPSA) is 93.3 Å². The van der Waals surface area contributed by atoms with Crippen LogP contribution in [-0.2, 0) is 0 Å². The highest BCUT2D eigenvalue weighted by molar-refractivity contribution is 5.86. The monoisotopic (exact) mass is 305 g/mol. The van der Waals surface area contributed by atoms with Gasteiger partial charge in [0.15, 0.2) is 0 Å². The van der Waals surface area contributed by atoms with Crippen LogP contribution in [0.2, 0.25) is 0 Å². The Hall–Kier alpha value is -3.34. The molecule has 0 radical (unpaired) electrons. The van der Waals surface area contributed by atoms with Gasteiger partial charge in [-0.1, -0.05) is 36.4 Å². The Balaban J connectivity index is 2.04. The maximum atomic E-state index is 6.08. The van der Waals surface area contributed by atoms with E-state index in [0.29, 0.717) is 22.7 Å². The van der Waals surface area contributed by atoms with Crippen LogP contribution < -0.4 is 27.6 Å². The lowest BCUT2D eigenvalue weighted by atomic mass is 10.2. The lowest BCUT2D eigenvalue weighted by Crippen LogP contribution is -2.25. The van der Waals surface area contributed by atoms with E-state index >= 15 is 0 Å². The molecule has 0 fully saturated rings. The predicted octanol–water partition coefficient (Wildman–Crippen LogP) is 3.60. The minimum atomic E-state index is 0.499. The molecule has 0 saturated heterocycles. The van der Waals surface area contributed by atoms with Crippen LogP contribution in [0.1, 0.15) is 0 Å². The number of hydrogen-bond donors (Lipinski definition) is 4. The fourth-order valence-electron chi connectivity index (χ4n) is 2.38. The second-order valence-corrected chi connectivity index (χ2v) is 5.19. The lowest BCUT2D eigenvalue weighted by molar-refractivity contribution is 1.16. The number of nitrogens with zero attached hydrogens (tertiary/aromatic N) is 1. The van der Waals surface area contributed by atoms with Gasteiger partial charge in [0.1, 0.15) is 5.69 Å². The Bertz CT molecular complexity index is 725. The number of nitrogens with two attached hydrogens (primary N) is 3. The maximum Gasteiger partial charge on any atom is 0.101 e. The molecule has 0 aliphatic heterocycles. The Morgan fingerprint density at radius 3 is 1.52 bits per heavy atom. The van der Waals surface area contributed by atoms with Crippen LogP contribution in [0.5, 0.6) is 0 Å². The van der Waals surface area contributed by atoms with E-state index in [1.807, 2.05) is 65.7 Å². The number of benzene rings is 3. The number of anilines is 6. The summed E-state index contributed by atoms with van der Waals surface area (Å²) < 4.78 is 0. The summed E-state index contributed by atoms with van der Waals surface area (Å²) >= 11 is 0. The molecule has 5 nitrogen and oxygen atoms in total. The van der Waals surface area contributed by atoms with Crippen LogP contribution in [0.3, 0.4) is 0 Å². The molecule has 0 saturated carbocycles. The third kappa shape index (κ3) is 3.13. The Morgan fingerprint density at radius 1 is 0.652 bits per heavy atom. The fraction of sp³-hybridized carbons (Fsp3) is 0. The zero-order valence-corrected chi connectivity index (χ0v) is 12.6. The van der Waals surface area contributed by atoms with E-state index in [4.69, 9.17) is 17.2 Å². The summed E-state index contributed by atoms with van der Waals surface area (Å²) in [6.45, 7) is 0. The molecule has 0 aromatic heterocycles. The van der Waals surface area contributed by atoms with Gasteiger partial charge in [-0.2, -0.15) is 0 Å². The van der Waals surface area contributed by atoms with Crippen molar-refractivity contribution in [3.05, 3.63) is 72.8 Å². The fourth-order valence-corrected chi connectivity index (χ4v) is 2.38. The molecule has 0 aliphatic rings. The molecule has 0 heterocycles. The van der Waals surface area contributed by atoms with E-state index in [1.54, 1.807) is 12.1 Å². The van der Waals surface area contributed by atoms with Crippen molar-refractivity contribution in [1.29, 1.82) is 0 Å². The number of para-hydroxylation sites is 2. The van der Waals surface area contributed by atoms with Crippen LogP contribution in [-0.4, -0.2) is 0 Å². The third-order valence-corrected chi connectivity index (χ3v) is 3.47. The van der Waals surface area contributed by atoms with Gasteiger partial charge >= 0.3 is 0 Å². The molecule has 5 heteroatoms. The first kappa shape index (κ1) is 14.6. The average Bonchev–Trinajstić information content (AvgIpc) is 2.56. The quantitative estimate of drug-likeness (QED) is 0.436. The second-order valence-electron chi connectivity index (χ2n) is 5.19. The van der Waals surface area contributed by atoms with Gasteiger partial charge in [0.05, 0.1) is 22.7 Å². The van der Waals surface area contributed by atoms with Crippen molar-refractivity contribution in [2.75, 3.05) is 27.6 Å². The molecule has 0 atom stereocenters. The van der Waals surface area contributed by atoms with Crippen molar-refractivity contribution in [3.63, 3.8) is 0 Å². The molecule has 116 valence electrons. The molecule has 0 aliphatic carbocycles. The van der Waals surface area contributed by atoms with Crippen molar-refractivity contribution in [2.24, 2.45) is 0 Å². The number of hydrazine groups is 1. The van der Waals surface area contributed by atoms with Gasteiger partial charge in [-0.05, 0) is 36.4 Å². The van der Waals surface area contributed by atoms with Crippen molar-refractivity contribution < 1.29 is 0 Å². The van der Waals surface area contributed by atoms with Gasteiger partial charge < -0.3 is 17.2 Å². The lowest BCUT2D eigenvalue weighted by Gasteiger charge is -2.28. The minimum Gasteiger partial charge on any atom is -0.399 e. The highest BCUT2D eigenvalue weighted by Gasteiger charge is 2.13. The van der Waals surface area contributed by atoms with Gasteiger partial charge in [0.2, 0.25) is 0 Å². The Morgan fingerprint density at radius 2 is 1.09 bits per heavy atom. The summed E-state index contributed by atoms with van der Waals surface area (Å²) in [6, 6.07) is 23.2. The van der Waals surface area contributed by atoms with Crippen molar-refractivity contribution in [3.8, 4) is 0 Å². The van der Waals surface area contributed by atoms with Crippen molar-refractivity contribution in [1.82, 2.24) is 0 Å². The summed E-state index contributed by atoms with van der Waals surface area (Å²) in [5.41, 5.74) is 25.3. The second kappa shape index (κ2) is 6.19. The zero-order valence-electron chi connectivity index (χ0n) is 12.6.